The first-order valence-electron chi connectivity index (χ1n) is 6.93. The molecule has 0 aliphatic heterocycles. The number of amides is 3. The van der Waals surface area contributed by atoms with Crippen molar-refractivity contribution in [2.24, 2.45) is 17.6 Å². The van der Waals surface area contributed by atoms with E-state index in [1.54, 1.807) is 6.92 Å². The summed E-state index contributed by atoms with van der Waals surface area (Å²) in [6.45, 7) is 6.81. The van der Waals surface area contributed by atoms with E-state index in [0.29, 0.717) is 6.42 Å². The molecule has 0 bridgehead atoms. The maximum absolute atomic E-state index is 12.2. The Morgan fingerprint density at radius 1 is 1.10 bits per heavy atom. The monoisotopic (exact) mass is 296 g/mol. The highest BCUT2D eigenvalue weighted by Gasteiger charge is 2.26. The van der Waals surface area contributed by atoms with Gasteiger partial charge in [-0.3, -0.25) is 14.4 Å². The Morgan fingerprint density at radius 3 is 2.05 bits per heavy atom. The predicted octanol–water partition coefficient (Wildman–Crippen LogP) is 0.0571. The normalized spacial score (nSPS) is 14.7. The van der Waals surface area contributed by atoms with Crippen LogP contribution < -0.4 is 16.4 Å². The fourth-order valence-corrected chi connectivity index (χ4v) is 1.87. The minimum atomic E-state index is -0.921. The Bertz CT molecular complexity index is 428. The Morgan fingerprint density at radius 2 is 1.67 bits per heavy atom. The minimum absolute atomic E-state index is 0.145. The smallest absolute Gasteiger partial charge is 0.243 e. The highest BCUT2D eigenvalue weighted by molar-refractivity contribution is 5.91. The summed E-state index contributed by atoms with van der Waals surface area (Å²) in [6.07, 6.45) is 0.594. The molecule has 0 rings (SSSR count). The molecule has 0 unspecified atom stereocenters. The third-order valence-electron chi connectivity index (χ3n) is 2.87. The molecule has 0 heterocycles. The van der Waals surface area contributed by atoms with Crippen molar-refractivity contribution >= 4 is 17.7 Å². The topological polar surface area (TPSA) is 125 Å². The van der Waals surface area contributed by atoms with Gasteiger partial charge in [0.25, 0.3) is 0 Å². The van der Waals surface area contributed by atoms with Crippen LogP contribution in [0, 0.1) is 23.2 Å². The van der Waals surface area contributed by atoms with Gasteiger partial charge in [-0.15, -0.1) is 0 Å². The van der Waals surface area contributed by atoms with Gasteiger partial charge in [-0.05, 0) is 25.7 Å². The lowest BCUT2D eigenvalue weighted by Crippen LogP contribution is -2.53. The molecule has 118 valence electrons. The molecule has 7 heteroatoms. The Balaban J connectivity index is 4.86. The van der Waals surface area contributed by atoms with E-state index in [0.717, 1.165) is 0 Å². The van der Waals surface area contributed by atoms with Crippen LogP contribution in [0.5, 0.6) is 0 Å². The van der Waals surface area contributed by atoms with Crippen LogP contribution >= 0.6 is 0 Å². The highest BCUT2D eigenvalue weighted by atomic mass is 16.2. The molecule has 3 atom stereocenters. The molecule has 0 saturated heterocycles. The average molecular weight is 296 g/mol. The number of rotatable bonds is 8. The molecule has 0 fully saturated rings. The molecule has 0 aliphatic carbocycles. The van der Waals surface area contributed by atoms with Gasteiger partial charge < -0.3 is 16.4 Å². The molecule has 21 heavy (non-hydrogen) atoms. The maximum atomic E-state index is 12.2. The number of hydrogen-bond acceptors (Lipinski definition) is 4. The fourth-order valence-electron chi connectivity index (χ4n) is 1.87. The van der Waals surface area contributed by atoms with Crippen LogP contribution in [0.4, 0.5) is 0 Å². The van der Waals surface area contributed by atoms with Gasteiger partial charge in [-0.25, -0.2) is 0 Å². The van der Waals surface area contributed by atoms with Gasteiger partial charge in [-0.1, -0.05) is 13.8 Å². The summed E-state index contributed by atoms with van der Waals surface area (Å²) in [5.74, 6) is -1.70. The number of carbonyl (C=O) groups excluding carboxylic acids is 3. The first-order valence-corrected chi connectivity index (χ1v) is 6.93. The Hall–Kier alpha value is -2.10. The molecule has 0 aromatic carbocycles. The summed E-state index contributed by atoms with van der Waals surface area (Å²) in [4.78, 5) is 34.7. The second-order valence-electron chi connectivity index (χ2n) is 5.61. The van der Waals surface area contributed by atoms with Crippen molar-refractivity contribution in [3.05, 3.63) is 0 Å². The zero-order chi connectivity index (χ0) is 16.6. The van der Waals surface area contributed by atoms with Crippen LogP contribution in [0.25, 0.3) is 0 Å². The van der Waals surface area contributed by atoms with Crippen molar-refractivity contribution in [2.75, 3.05) is 0 Å². The average Bonchev–Trinajstić information content (AvgIpc) is 2.35. The quantitative estimate of drug-likeness (QED) is 0.585. The van der Waals surface area contributed by atoms with Gasteiger partial charge >= 0.3 is 0 Å². The number of nitrogens with one attached hydrogen (secondary N) is 2. The maximum Gasteiger partial charge on any atom is 0.243 e. The van der Waals surface area contributed by atoms with Crippen LogP contribution in [-0.4, -0.2) is 29.8 Å². The van der Waals surface area contributed by atoms with Crippen molar-refractivity contribution in [1.82, 2.24) is 10.6 Å². The number of primary amides is 1. The van der Waals surface area contributed by atoms with Crippen LogP contribution in [0.1, 0.15) is 40.5 Å². The van der Waals surface area contributed by atoms with E-state index in [2.05, 4.69) is 10.6 Å². The van der Waals surface area contributed by atoms with Gasteiger partial charge in [0.2, 0.25) is 17.7 Å². The largest absolute Gasteiger partial charge is 0.368 e. The van der Waals surface area contributed by atoms with Gasteiger partial charge in [0.05, 0.1) is 6.07 Å². The Labute approximate surface area is 125 Å². The summed E-state index contributed by atoms with van der Waals surface area (Å²) in [7, 11) is 0. The molecule has 0 spiro atoms. The number of nitrogens with zero attached hydrogens (tertiary/aromatic N) is 1. The third kappa shape index (κ3) is 7.92. The van der Waals surface area contributed by atoms with E-state index in [9.17, 15) is 14.4 Å². The lowest BCUT2D eigenvalue weighted by molar-refractivity contribution is -0.131. The highest BCUT2D eigenvalue weighted by Crippen LogP contribution is 2.08. The van der Waals surface area contributed by atoms with Crippen molar-refractivity contribution in [3.63, 3.8) is 0 Å². The molecule has 4 N–H and O–H groups in total. The fraction of sp³-hybridized carbons (Fsp3) is 0.714. The van der Waals surface area contributed by atoms with E-state index in [1.807, 2.05) is 19.9 Å². The molecule has 7 nitrogen and oxygen atoms in total. The summed E-state index contributed by atoms with van der Waals surface area (Å²) in [5.41, 5.74) is 5.24. The predicted molar refractivity (Wildman–Crippen MR) is 77.6 cm³/mol. The zero-order valence-electron chi connectivity index (χ0n) is 13.0. The van der Waals surface area contributed by atoms with Gasteiger partial charge in [-0.2, -0.15) is 5.26 Å². The van der Waals surface area contributed by atoms with E-state index in [-0.39, 0.29) is 18.2 Å². The summed E-state index contributed by atoms with van der Waals surface area (Å²) < 4.78 is 0. The lowest BCUT2D eigenvalue weighted by atomic mass is 10.00. The summed E-state index contributed by atoms with van der Waals surface area (Å²) in [6, 6.07) is 0.347. The van der Waals surface area contributed by atoms with Crippen LogP contribution in [0.3, 0.4) is 0 Å². The molecule has 3 amide bonds. The van der Waals surface area contributed by atoms with Gasteiger partial charge in [0, 0.05) is 12.8 Å². The second kappa shape index (κ2) is 8.95. The Kier molecular flexibility index (Phi) is 8.06. The molecular formula is C14H24N4O3. The van der Waals surface area contributed by atoms with E-state index in [1.165, 1.54) is 6.92 Å². The van der Waals surface area contributed by atoms with E-state index in [4.69, 9.17) is 11.0 Å². The molecule has 0 aromatic heterocycles. The van der Waals surface area contributed by atoms with Crippen molar-refractivity contribution in [2.45, 2.75) is 52.6 Å². The van der Waals surface area contributed by atoms with Crippen molar-refractivity contribution < 1.29 is 14.4 Å². The van der Waals surface area contributed by atoms with Gasteiger partial charge in [0.15, 0.2) is 0 Å². The molecular weight excluding hydrogens is 272 g/mol. The lowest BCUT2D eigenvalue weighted by Gasteiger charge is -2.23. The first-order chi connectivity index (χ1) is 9.67. The van der Waals surface area contributed by atoms with Crippen LogP contribution in [0.2, 0.25) is 0 Å². The number of carbonyl (C=O) groups is 3. The van der Waals surface area contributed by atoms with Crippen LogP contribution in [0.15, 0.2) is 0 Å². The third-order valence-corrected chi connectivity index (χ3v) is 2.87. The number of nitriles is 1. The number of nitrogens with two attached hydrogens (primary N) is 1. The van der Waals surface area contributed by atoms with E-state index >= 15 is 0 Å². The minimum Gasteiger partial charge on any atom is -0.368 e. The van der Waals surface area contributed by atoms with E-state index < -0.39 is 29.8 Å². The molecule has 0 aliphatic rings. The summed E-state index contributed by atoms with van der Waals surface area (Å²) in [5, 5.41) is 13.8. The van der Waals surface area contributed by atoms with Crippen LogP contribution in [-0.2, 0) is 14.4 Å². The molecule has 0 aromatic rings. The molecule has 0 saturated carbocycles. The zero-order valence-corrected chi connectivity index (χ0v) is 13.0. The number of hydrogen-bond donors (Lipinski definition) is 3. The van der Waals surface area contributed by atoms with Crippen molar-refractivity contribution in [1.29, 1.82) is 5.26 Å². The van der Waals surface area contributed by atoms with Crippen molar-refractivity contribution in [3.8, 4) is 6.07 Å². The van der Waals surface area contributed by atoms with Gasteiger partial charge in [0.1, 0.15) is 12.1 Å². The SMILES string of the molecule is CC(=O)N[C@@H](CC(C)C)C(=O)N[C@@H](C[C@H](C)C#N)C(N)=O. The second-order valence-corrected chi connectivity index (χ2v) is 5.61. The molecule has 0 radical (unpaired) electrons. The first kappa shape index (κ1) is 18.9. The standard InChI is InChI=1S/C14H24N4O3/c1-8(2)5-12(17-10(4)19)14(21)18-11(13(16)20)6-9(3)7-15/h8-9,11-12H,5-6H2,1-4H3,(H2,16,20)(H,17,19)(H,18,21)/t9-,11-,12-/m0/s1. The summed E-state index contributed by atoms with van der Waals surface area (Å²) >= 11 is 0.